The highest BCUT2D eigenvalue weighted by Gasteiger charge is 2.54. The molecule has 1 saturated heterocycles. The van der Waals surface area contributed by atoms with Crippen LogP contribution >= 0.6 is 0 Å². The van der Waals surface area contributed by atoms with Crippen molar-refractivity contribution in [3.8, 4) is 0 Å². The number of carbonyl (C=O) groups is 1. The molecular formula is C16H21NO3. The van der Waals surface area contributed by atoms with Crippen LogP contribution in [0.25, 0.3) is 0 Å². The van der Waals surface area contributed by atoms with Gasteiger partial charge in [0.1, 0.15) is 5.92 Å². The first-order valence-corrected chi connectivity index (χ1v) is 7.39. The van der Waals surface area contributed by atoms with E-state index >= 15 is 0 Å². The number of carbonyl (C=O) groups excluding carboxylic acids is 1. The molecule has 108 valence electrons. The highest BCUT2D eigenvalue weighted by atomic mass is 16.7. The Hall–Kier alpha value is -1.39. The predicted octanol–water partition coefficient (Wildman–Crippen LogP) is 2.14. The van der Waals surface area contributed by atoms with E-state index in [0.717, 1.165) is 13.0 Å². The van der Waals surface area contributed by atoms with E-state index in [2.05, 4.69) is 18.2 Å². The molecular weight excluding hydrogens is 254 g/mol. The summed E-state index contributed by atoms with van der Waals surface area (Å²) in [6, 6.07) is 8.50. The van der Waals surface area contributed by atoms with Gasteiger partial charge in [-0.25, -0.2) is 0 Å². The molecule has 0 radical (unpaired) electrons. The zero-order valence-electron chi connectivity index (χ0n) is 12.0. The van der Waals surface area contributed by atoms with Crippen molar-refractivity contribution in [2.45, 2.75) is 32.6 Å². The van der Waals surface area contributed by atoms with Gasteiger partial charge in [-0.2, -0.15) is 0 Å². The molecule has 0 spiro atoms. The van der Waals surface area contributed by atoms with Gasteiger partial charge in [-0.1, -0.05) is 24.3 Å². The van der Waals surface area contributed by atoms with E-state index in [1.54, 1.807) is 0 Å². The number of rotatable bonds is 5. The van der Waals surface area contributed by atoms with Crippen LogP contribution in [0.3, 0.4) is 0 Å². The lowest BCUT2D eigenvalue weighted by molar-refractivity contribution is -0.216. The van der Waals surface area contributed by atoms with Crippen molar-refractivity contribution >= 4 is 5.91 Å². The van der Waals surface area contributed by atoms with E-state index in [9.17, 15) is 4.79 Å². The average Bonchev–Trinajstić information content (AvgIpc) is 2.46. The van der Waals surface area contributed by atoms with Gasteiger partial charge in [0.2, 0.25) is 5.91 Å². The van der Waals surface area contributed by atoms with Gasteiger partial charge in [0.15, 0.2) is 6.29 Å². The number of hydrogen-bond donors (Lipinski definition) is 0. The number of ether oxygens (including phenoxy) is 2. The van der Waals surface area contributed by atoms with Crippen molar-refractivity contribution in [2.24, 2.45) is 5.92 Å². The second-order valence-electron chi connectivity index (χ2n) is 5.23. The molecule has 2 aliphatic heterocycles. The van der Waals surface area contributed by atoms with Gasteiger partial charge in [0.05, 0.1) is 6.04 Å². The molecule has 0 unspecified atom stereocenters. The van der Waals surface area contributed by atoms with Crippen molar-refractivity contribution in [1.29, 1.82) is 0 Å². The summed E-state index contributed by atoms with van der Waals surface area (Å²) in [6.45, 7) is 5.79. The monoisotopic (exact) mass is 275 g/mol. The van der Waals surface area contributed by atoms with E-state index in [4.69, 9.17) is 9.47 Å². The van der Waals surface area contributed by atoms with Crippen LogP contribution in [0.1, 0.15) is 31.0 Å². The Labute approximate surface area is 119 Å². The second kappa shape index (κ2) is 5.54. The van der Waals surface area contributed by atoms with Crippen LogP contribution < -0.4 is 0 Å². The predicted molar refractivity (Wildman–Crippen MR) is 75.1 cm³/mol. The lowest BCUT2D eigenvalue weighted by Gasteiger charge is -2.52. The zero-order valence-corrected chi connectivity index (χ0v) is 12.0. The van der Waals surface area contributed by atoms with Crippen LogP contribution in [-0.4, -0.2) is 36.9 Å². The first kappa shape index (κ1) is 13.6. The van der Waals surface area contributed by atoms with E-state index < -0.39 is 6.29 Å². The van der Waals surface area contributed by atoms with Crippen LogP contribution in [0.2, 0.25) is 0 Å². The molecule has 0 N–H and O–H groups in total. The molecule has 1 amide bonds. The fraction of sp³-hybridized carbons (Fsp3) is 0.562. The minimum absolute atomic E-state index is 0.121. The summed E-state index contributed by atoms with van der Waals surface area (Å²) in [4.78, 5) is 14.3. The highest BCUT2D eigenvalue weighted by Crippen LogP contribution is 2.46. The third-order valence-corrected chi connectivity index (χ3v) is 4.20. The molecule has 4 heteroatoms. The van der Waals surface area contributed by atoms with Crippen LogP contribution in [0.5, 0.6) is 0 Å². The Balaban J connectivity index is 1.88. The van der Waals surface area contributed by atoms with E-state index in [-0.39, 0.29) is 17.9 Å². The number of amides is 1. The summed E-state index contributed by atoms with van der Waals surface area (Å²) in [5, 5.41) is 0. The Morgan fingerprint density at radius 3 is 2.65 bits per heavy atom. The molecule has 0 aliphatic carbocycles. The number of benzene rings is 1. The van der Waals surface area contributed by atoms with E-state index in [0.29, 0.717) is 13.2 Å². The second-order valence-corrected chi connectivity index (χ2v) is 5.23. The molecule has 1 aromatic carbocycles. The van der Waals surface area contributed by atoms with Crippen LogP contribution in [-0.2, 0) is 20.7 Å². The summed E-state index contributed by atoms with van der Waals surface area (Å²) in [7, 11) is 0. The standard InChI is InChI=1S/C16H21NO3/c1-3-19-16(20-4-2)13-14-12-8-6-5-7-11(12)9-10-17(14)15(13)18/h5-8,13-14,16H,3-4,9-10H2,1-2H3/t13-,14-/m0/s1. The number of hydrogen-bond acceptors (Lipinski definition) is 3. The van der Waals surface area contributed by atoms with Crippen LogP contribution in [0.4, 0.5) is 0 Å². The van der Waals surface area contributed by atoms with Gasteiger partial charge < -0.3 is 14.4 Å². The van der Waals surface area contributed by atoms with Gasteiger partial charge >= 0.3 is 0 Å². The Morgan fingerprint density at radius 2 is 1.95 bits per heavy atom. The summed E-state index contributed by atoms with van der Waals surface area (Å²) in [6.07, 6.45) is 0.518. The molecule has 4 nitrogen and oxygen atoms in total. The molecule has 0 saturated carbocycles. The summed E-state index contributed by atoms with van der Waals surface area (Å²) < 4.78 is 11.3. The van der Waals surface area contributed by atoms with Gasteiger partial charge in [0, 0.05) is 19.8 Å². The van der Waals surface area contributed by atoms with Gasteiger partial charge in [0.25, 0.3) is 0 Å². The fourth-order valence-corrected chi connectivity index (χ4v) is 3.33. The van der Waals surface area contributed by atoms with Crippen molar-refractivity contribution < 1.29 is 14.3 Å². The fourth-order valence-electron chi connectivity index (χ4n) is 3.33. The first-order valence-electron chi connectivity index (χ1n) is 7.39. The zero-order chi connectivity index (χ0) is 14.1. The van der Waals surface area contributed by atoms with E-state index in [1.807, 2.05) is 24.8 Å². The van der Waals surface area contributed by atoms with Crippen molar-refractivity contribution in [1.82, 2.24) is 4.90 Å². The molecule has 2 heterocycles. The van der Waals surface area contributed by atoms with Gasteiger partial charge in [-0.3, -0.25) is 4.79 Å². The Morgan fingerprint density at radius 1 is 1.25 bits per heavy atom. The molecule has 20 heavy (non-hydrogen) atoms. The molecule has 0 bridgehead atoms. The molecule has 1 aromatic rings. The van der Waals surface area contributed by atoms with Crippen molar-refractivity contribution in [3.63, 3.8) is 0 Å². The van der Waals surface area contributed by atoms with Crippen LogP contribution in [0.15, 0.2) is 24.3 Å². The average molecular weight is 275 g/mol. The quantitative estimate of drug-likeness (QED) is 0.610. The van der Waals surface area contributed by atoms with Gasteiger partial charge in [-0.15, -0.1) is 0 Å². The minimum atomic E-state index is -0.426. The smallest absolute Gasteiger partial charge is 0.233 e. The third-order valence-electron chi connectivity index (χ3n) is 4.20. The maximum atomic E-state index is 12.4. The molecule has 2 aliphatic rings. The Kier molecular flexibility index (Phi) is 3.76. The van der Waals surface area contributed by atoms with Gasteiger partial charge in [-0.05, 0) is 31.4 Å². The third kappa shape index (κ3) is 2.03. The summed E-state index contributed by atoms with van der Waals surface area (Å²) in [5.74, 6) is -0.0345. The summed E-state index contributed by atoms with van der Waals surface area (Å²) >= 11 is 0. The number of β-lactam (4-membered cyclic amide) rings is 1. The molecule has 1 fully saturated rings. The first-order chi connectivity index (χ1) is 9.77. The normalized spacial score (nSPS) is 24.4. The minimum Gasteiger partial charge on any atom is -0.352 e. The maximum absolute atomic E-state index is 12.4. The number of nitrogens with zero attached hydrogens (tertiary/aromatic N) is 1. The molecule has 3 rings (SSSR count). The topological polar surface area (TPSA) is 38.8 Å². The van der Waals surface area contributed by atoms with Crippen molar-refractivity contribution in [3.05, 3.63) is 35.4 Å². The number of fused-ring (bicyclic) bond motifs is 3. The molecule has 0 aromatic heterocycles. The molecule has 2 atom stereocenters. The lowest BCUT2D eigenvalue weighted by atomic mass is 9.76. The van der Waals surface area contributed by atoms with E-state index in [1.165, 1.54) is 11.1 Å². The highest BCUT2D eigenvalue weighted by molar-refractivity contribution is 5.87. The largest absolute Gasteiger partial charge is 0.352 e. The lowest BCUT2D eigenvalue weighted by Crippen LogP contribution is -2.62. The maximum Gasteiger partial charge on any atom is 0.233 e. The Bertz CT molecular complexity index is 496. The van der Waals surface area contributed by atoms with Crippen molar-refractivity contribution in [2.75, 3.05) is 19.8 Å². The summed E-state index contributed by atoms with van der Waals surface area (Å²) in [5.41, 5.74) is 2.60. The SMILES string of the molecule is CCOC(OCC)[C@@H]1C(=O)N2CCc3ccccc3[C@@H]12. The van der Waals surface area contributed by atoms with Crippen LogP contribution in [0, 0.1) is 5.92 Å².